The number of carboxylic acids is 1. The predicted molar refractivity (Wildman–Crippen MR) is 140 cm³/mol. The molecular formula is C29H36F2N2O2. The molecule has 0 aliphatic rings. The summed E-state index contributed by atoms with van der Waals surface area (Å²) in [5.41, 5.74) is 3.44. The minimum atomic E-state index is -1.000. The molecule has 1 aromatic heterocycles. The van der Waals surface area contributed by atoms with Gasteiger partial charge in [0.1, 0.15) is 5.82 Å². The van der Waals surface area contributed by atoms with E-state index in [0.29, 0.717) is 17.3 Å². The monoisotopic (exact) mass is 482 g/mol. The highest BCUT2D eigenvalue weighted by molar-refractivity contribution is 5.77. The molecule has 2 N–H and O–H groups in total. The summed E-state index contributed by atoms with van der Waals surface area (Å²) >= 11 is 0. The van der Waals surface area contributed by atoms with Gasteiger partial charge in [0, 0.05) is 24.4 Å². The van der Waals surface area contributed by atoms with Crippen molar-refractivity contribution in [1.82, 2.24) is 9.97 Å². The number of hydrogen-bond acceptors (Lipinski definition) is 2. The van der Waals surface area contributed by atoms with Gasteiger partial charge < -0.3 is 10.1 Å². The average Bonchev–Trinajstić information content (AvgIpc) is 2.92. The van der Waals surface area contributed by atoms with Crippen molar-refractivity contribution in [3.05, 3.63) is 103 Å². The number of H-pyrrole nitrogens is 1. The lowest BCUT2D eigenvalue weighted by Gasteiger charge is -2.15. The van der Waals surface area contributed by atoms with Gasteiger partial charge in [-0.2, -0.15) is 0 Å². The SMILES string of the molecule is C=C(/C=C\C(=C)c1nccc(F)c(F)cc[nH]1)c1ccc(C(C)CCC(C)CC(=O)O)cc1.CC. The molecule has 0 fully saturated rings. The van der Waals surface area contributed by atoms with Crippen LogP contribution >= 0.6 is 0 Å². The van der Waals surface area contributed by atoms with Gasteiger partial charge in [-0.1, -0.05) is 77.3 Å². The number of aromatic nitrogens is 2. The fourth-order valence-electron chi connectivity index (χ4n) is 3.25. The topological polar surface area (TPSA) is 66.0 Å². The first kappa shape index (κ1) is 29.5. The van der Waals surface area contributed by atoms with E-state index in [1.54, 1.807) is 12.2 Å². The second kappa shape index (κ2) is 15.4. The summed E-state index contributed by atoms with van der Waals surface area (Å²) in [5, 5.41) is 8.89. The molecular weight excluding hydrogens is 446 g/mol. The van der Waals surface area contributed by atoms with Crippen LogP contribution in [0.1, 0.15) is 69.8 Å². The van der Waals surface area contributed by atoms with Crippen molar-refractivity contribution < 1.29 is 18.7 Å². The molecule has 0 spiro atoms. The van der Waals surface area contributed by atoms with E-state index in [1.807, 2.05) is 32.9 Å². The summed E-state index contributed by atoms with van der Waals surface area (Å²) < 4.78 is 26.7. The Morgan fingerprint density at radius 2 is 1.60 bits per heavy atom. The van der Waals surface area contributed by atoms with Gasteiger partial charge in [0.05, 0.1) is 0 Å². The van der Waals surface area contributed by atoms with E-state index in [2.05, 4.69) is 42.2 Å². The van der Waals surface area contributed by atoms with Crippen LogP contribution in [-0.4, -0.2) is 21.0 Å². The molecule has 0 saturated carbocycles. The summed E-state index contributed by atoms with van der Waals surface area (Å²) in [5.74, 6) is -1.90. The van der Waals surface area contributed by atoms with E-state index < -0.39 is 17.6 Å². The van der Waals surface area contributed by atoms with E-state index >= 15 is 0 Å². The van der Waals surface area contributed by atoms with Crippen LogP contribution in [0.15, 0.2) is 74.1 Å². The quantitative estimate of drug-likeness (QED) is 0.336. The molecule has 188 valence electrons. The first-order valence-corrected chi connectivity index (χ1v) is 11.8. The van der Waals surface area contributed by atoms with Crippen LogP contribution < -0.4 is 0 Å². The van der Waals surface area contributed by atoms with Crippen LogP contribution in [0, 0.1) is 17.6 Å². The molecule has 6 heteroatoms. The average molecular weight is 483 g/mol. The first-order valence-electron chi connectivity index (χ1n) is 11.8. The van der Waals surface area contributed by atoms with Crippen LogP contribution in [-0.2, 0) is 4.79 Å². The highest BCUT2D eigenvalue weighted by Gasteiger charge is 2.11. The van der Waals surface area contributed by atoms with Gasteiger partial charge in [-0.3, -0.25) is 4.79 Å². The second-order valence-corrected chi connectivity index (χ2v) is 8.15. The Bertz CT molecular complexity index is 1040. The number of aromatic amines is 1. The molecule has 2 rings (SSSR count). The molecule has 0 aliphatic heterocycles. The molecule has 2 unspecified atom stereocenters. The van der Waals surface area contributed by atoms with Gasteiger partial charge in [0.25, 0.3) is 0 Å². The predicted octanol–water partition coefficient (Wildman–Crippen LogP) is 8.12. The number of carboxylic acid groups (broad SMARTS) is 1. The molecule has 2 aromatic rings. The number of aliphatic carboxylic acids is 1. The lowest BCUT2D eigenvalue weighted by molar-refractivity contribution is -0.138. The Balaban J connectivity index is 0.00000298. The third-order valence-electron chi connectivity index (χ3n) is 5.36. The van der Waals surface area contributed by atoms with Gasteiger partial charge in [-0.25, -0.2) is 13.8 Å². The zero-order valence-electron chi connectivity index (χ0n) is 21.0. The van der Waals surface area contributed by atoms with Crippen LogP contribution in [0.5, 0.6) is 0 Å². The lowest BCUT2D eigenvalue weighted by atomic mass is 9.90. The lowest BCUT2D eigenvalue weighted by Crippen LogP contribution is -2.05. The van der Waals surface area contributed by atoms with E-state index in [4.69, 9.17) is 5.11 Å². The zero-order valence-corrected chi connectivity index (χ0v) is 21.0. The highest BCUT2D eigenvalue weighted by Crippen LogP contribution is 2.26. The standard InChI is InChI=1S/C27H30F2N2O2.C2H6/c1-18(17-26(32)33)5-6-19(2)22-9-11-23(12-10-22)20(3)7-8-21(4)27-30-15-13-24(28)25(29)14-16-31-27;1-2/h7-16,18-19H,3-6,17H2,1-2H3,(H,30,31)(H,32,33);1-2H3/b8-7-,15-13?,16-14?,25-24?;. The van der Waals surface area contributed by atoms with Crippen LogP contribution in [0.3, 0.4) is 0 Å². The fourth-order valence-corrected chi connectivity index (χ4v) is 3.25. The number of carbonyl (C=O) groups is 1. The van der Waals surface area contributed by atoms with Gasteiger partial charge in [0.2, 0.25) is 0 Å². The van der Waals surface area contributed by atoms with Crippen molar-refractivity contribution in [1.29, 1.82) is 0 Å². The molecule has 4 nitrogen and oxygen atoms in total. The molecule has 1 aromatic carbocycles. The van der Waals surface area contributed by atoms with Crippen molar-refractivity contribution in [2.45, 2.75) is 52.9 Å². The number of halogens is 2. The van der Waals surface area contributed by atoms with Gasteiger partial charge in [-0.05, 0) is 53.5 Å². The molecule has 0 aliphatic carbocycles. The molecule has 0 radical (unpaired) electrons. The Hall–Kier alpha value is -3.54. The van der Waals surface area contributed by atoms with Crippen molar-refractivity contribution in [2.75, 3.05) is 0 Å². The minimum absolute atomic E-state index is 0.156. The molecule has 2 atom stereocenters. The summed E-state index contributed by atoms with van der Waals surface area (Å²) in [7, 11) is 0. The number of benzene rings is 1. The third kappa shape index (κ3) is 10.5. The highest BCUT2D eigenvalue weighted by atomic mass is 19.2. The number of nitrogens with one attached hydrogen (secondary N) is 1. The van der Waals surface area contributed by atoms with Gasteiger partial charge >= 0.3 is 5.97 Å². The van der Waals surface area contributed by atoms with Gasteiger partial charge in [0.15, 0.2) is 11.6 Å². The van der Waals surface area contributed by atoms with E-state index in [9.17, 15) is 13.6 Å². The maximum absolute atomic E-state index is 13.4. The first-order chi connectivity index (χ1) is 16.7. The smallest absolute Gasteiger partial charge is 0.303 e. The number of rotatable bonds is 10. The van der Waals surface area contributed by atoms with Gasteiger partial charge in [-0.15, -0.1) is 0 Å². The Morgan fingerprint density at radius 3 is 2.23 bits per heavy atom. The van der Waals surface area contributed by atoms with Crippen LogP contribution in [0.25, 0.3) is 11.1 Å². The van der Waals surface area contributed by atoms with Crippen LogP contribution in [0.2, 0.25) is 0 Å². The molecule has 0 amide bonds. The molecule has 35 heavy (non-hydrogen) atoms. The van der Waals surface area contributed by atoms with E-state index in [0.717, 1.165) is 36.1 Å². The molecule has 0 bridgehead atoms. The summed E-state index contributed by atoms with van der Waals surface area (Å²) in [4.78, 5) is 17.7. The number of nitrogens with zero attached hydrogens (tertiary/aromatic N) is 1. The van der Waals surface area contributed by atoms with Crippen molar-refractivity contribution >= 4 is 17.1 Å². The molecule has 0 saturated heterocycles. The number of hydrogen-bond donors (Lipinski definition) is 2. The summed E-state index contributed by atoms with van der Waals surface area (Å²) in [6, 6.07) is 10.0. The Morgan fingerprint density at radius 1 is 1.00 bits per heavy atom. The third-order valence-corrected chi connectivity index (χ3v) is 5.36. The maximum atomic E-state index is 13.4. The zero-order chi connectivity index (χ0) is 26.4. The van der Waals surface area contributed by atoms with Crippen molar-refractivity contribution in [3.8, 4) is 0 Å². The second-order valence-electron chi connectivity index (χ2n) is 8.15. The fraction of sp³-hybridized carbons (Fsp3) is 0.310. The van der Waals surface area contributed by atoms with E-state index in [1.165, 1.54) is 18.0 Å². The maximum Gasteiger partial charge on any atom is 0.303 e. The molecule has 1 heterocycles. The minimum Gasteiger partial charge on any atom is -0.481 e. The van der Waals surface area contributed by atoms with Crippen LogP contribution in [0.4, 0.5) is 8.78 Å². The Kier molecular flexibility index (Phi) is 13.0. The number of allylic oxidation sites excluding steroid dienone is 4. The van der Waals surface area contributed by atoms with E-state index in [-0.39, 0.29) is 12.3 Å². The Labute approximate surface area is 207 Å². The largest absolute Gasteiger partial charge is 0.481 e. The summed E-state index contributed by atoms with van der Waals surface area (Å²) in [6.07, 6.45) is 7.95. The summed E-state index contributed by atoms with van der Waals surface area (Å²) in [6.45, 7) is 16.1. The van der Waals surface area contributed by atoms with Crippen molar-refractivity contribution in [2.24, 2.45) is 5.92 Å². The van der Waals surface area contributed by atoms with Crippen molar-refractivity contribution in [3.63, 3.8) is 0 Å². The normalized spacial score (nSPS) is 12.2.